The molecule has 4 rings (SSSR count). The van der Waals surface area contributed by atoms with Crippen molar-refractivity contribution in [2.45, 2.75) is 25.7 Å². The number of halogens is 1. The zero-order valence-corrected chi connectivity index (χ0v) is 20.8. The van der Waals surface area contributed by atoms with Gasteiger partial charge in [-0.25, -0.2) is 4.39 Å². The van der Waals surface area contributed by atoms with Crippen molar-refractivity contribution < 1.29 is 23.3 Å². The highest BCUT2D eigenvalue weighted by Crippen LogP contribution is 2.36. The third kappa shape index (κ3) is 5.69. The smallest absolute Gasteiger partial charge is 0.127 e. The van der Waals surface area contributed by atoms with Crippen LogP contribution in [0.2, 0.25) is 0 Å². The average Bonchev–Trinajstić information content (AvgIpc) is 2.90. The van der Waals surface area contributed by atoms with Gasteiger partial charge >= 0.3 is 0 Å². The highest BCUT2D eigenvalue weighted by Gasteiger charge is 2.32. The van der Waals surface area contributed by atoms with Crippen LogP contribution in [0.25, 0.3) is 0 Å². The van der Waals surface area contributed by atoms with Crippen molar-refractivity contribution in [2.24, 2.45) is 0 Å². The van der Waals surface area contributed by atoms with E-state index in [2.05, 4.69) is 9.80 Å². The molecule has 7 heteroatoms. The largest absolute Gasteiger partial charge is 0.497 e. The molecular formula is C28H33FN2O4. The maximum atomic E-state index is 13.8. The van der Waals surface area contributed by atoms with E-state index in [4.69, 9.17) is 18.9 Å². The first-order chi connectivity index (χ1) is 17.1. The Morgan fingerprint density at radius 3 is 1.60 bits per heavy atom. The van der Waals surface area contributed by atoms with Gasteiger partial charge in [-0.05, 0) is 36.2 Å². The van der Waals surface area contributed by atoms with Gasteiger partial charge in [0.05, 0.1) is 34.6 Å². The van der Waals surface area contributed by atoms with E-state index in [1.165, 1.54) is 12.1 Å². The first kappa shape index (κ1) is 24.8. The molecule has 0 atom stereocenters. The van der Waals surface area contributed by atoms with Crippen LogP contribution in [-0.4, -0.2) is 51.3 Å². The molecule has 0 aromatic heterocycles. The zero-order chi connectivity index (χ0) is 24.8. The van der Waals surface area contributed by atoms with Gasteiger partial charge in [-0.2, -0.15) is 0 Å². The number of rotatable bonds is 9. The van der Waals surface area contributed by atoms with E-state index in [-0.39, 0.29) is 12.0 Å². The Balaban J connectivity index is 1.67. The number of hydrogen-bond acceptors (Lipinski definition) is 6. The zero-order valence-electron chi connectivity index (χ0n) is 20.8. The van der Waals surface area contributed by atoms with Gasteiger partial charge in [0.2, 0.25) is 0 Å². The molecule has 1 heterocycles. The molecule has 0 unspecified atom stereocenters. The Hall–Kier alpha value is -3.29. The van der Waals surface area contributed by atoms with Crippen molar-refractivity contribution in [3.05, 3.63) is 83.2 Å². The van der Waals surface area contributed by atoms with Crippen LogP contribution < -0.4 is 18.9 Å². The van der Waals surface area contributed by atoms with E-state index >= 15 is 0 Å². The summed E-state index contributed by atoms with van der Waals surface area (Å²) in [6.45, 7) is 3.19. The van der Waals surface area contributed by atoms with Gasteiger partial charge in [0, 0.05) is 49.4 Å². The topological polar surface area (TPSA) is 43.4 Å². The number of nitrogens with zero attached hydrogens (tertiary/aromatic N) is 2. The van der Waals surface area contributed by atoms with Crippen LogP contribution in [0.15, 0.2) is 60.7 Å². The monoisotopic (exact) mass is 480 g/mol. The van der Waals surface area contributed by atoms with Crippen molar-refractivity contribution in [3.63, 3.8) is 0 Å². The summed E-state index contributed by atoms with van der Waals surface area (Å²) in [6.07, 6.45) is 0.970. The van der Waals surface area contributed by atoms with E-state index in [0.29, 0.717) is 13.1 Å². The van der Waals surface area contributed by atoms with Gasteiger partial charge in [-0.15, -0.1) is 0 Å². The average molecular weight is 481 g/mol. The molecule has 35 heavy (non-hydrogen) atoms. The number of hydrogen-bond donors (Lipinski definition) is 0. The molecule has 3 aromatic rings. The van der Waals surface area contributed by atoms with Crippen LogP contribution in [0.3, 0.4) is 0 Å². The molecule has 0 saturated carbocycles. The lowest BCUT2D eigenvalue weighted by molar-refractivity contribution is -0.00982. The van der Waals surface area contributed by atoms with Crippen LogP contribution in [-0.2, 0) is 13.1 Å². The van der Waals surface area contributed by atoms with Crippen LogP contribution in [0.5, 0.6) is 23.0 Å². The van der Waals surface area contributed by atoms with Gasteiger partial charge in [0.1, 0.15) is 28.8 Å². The first-order valence-electron chi connectivity index (χ1n) is 11.7. The summed E-state index contributed by atoms with van der Waals surface area (Å²) in [6, 6.07) is 18.6. The molecule has 0 N–H and O–H groups in total. The summed E-state index contributed by atoms with van der Waals surface area (Å²) in [4.78, 5) is 4.83. The third-order valence-electron chi connectivity index (χ3n) is 6.49. The molecule has 6 nitrogen and oxygen atoms in total. The second-order valence-corrected chi connectivity index (χ2v) is 8.58. The molecule has 0 spiro atoms. The van der Waals surface area contributed by atoms with E-state index in [9.17, 15) is 4.39 Å². The van der Waals surface area contributed by atoms with Crippen molar-refractivity contribution in [1.29, 1.82) is 0 Å². The highest BCUT2D eigenvalue weighted by molar-refractivity contribution is 5.42. The predicted molar refractivity (Wildman–Crippen MR) is 134 cm³/mol. The van der Waals surface area contributed by atoms with Gasteiger partial charge in [0.25, 0.3) is 0 Å². The van der Waals surface area contributed by atoms with Gasteiger partial charge < -0.3 is 18.9 Å². The van der Waals surface area contributed by atoms with Crippen molar-refractivity contribution in [1.82, 2.24) is 9.80 Å². The lowest BCUT2D eigenvalue weighted by Gasteiger charge is -2.44. The summed E-state index contributed by atoms with van der Waals surface area (Å²) in [5.74, 6) is 2.85. The molecular weight excluding hydrogens is 447 g/mol. The normalized spacial score (nSPS) is 15.1. The Morgan fingerprint density at radius 2 is 1.17 bits per heavy atom. The first-order valence-corrected chi connectivity index (χ1v) is 11.7. The van der Waals surface area contributed by atoms with Crippen molar-refractivity contribution in [2.75, 3.05) is 41.5 Å². The van der Waals surface area contributed by atoms with Gasteiger partial charge in [0.15, 0.2) is 0 Å². The van der Waals surface area contributed by atoms with Crippen molar-refractivity contribution in [3.8, 4) is 23.0 Å². The Morgan fingerprint density at radius 1 is 0.686 bits per heavy atom. The highest BCUT2D eigenvalue weighted by atomic mass is 19.1. The maximum absolute atomic E-state index is 13.8. The van der Waals surface area contributed by atoms with E-state index in [0.717, 1.165) is 59.2 Å². The lowest BCUT2D eigenvalue weighted by Crippen LogP contribution is -2.47. The van der Waals surface area contributed by atoms with Crippen molar-refractivity contribution >= 4 is 0 Å². The lowest BCUT2D eigenvalue weighted by atomic mass is 10.0. The second kappa shape index (κ2) is 11.4. The molecule has 186 valence electrons. The van der Waals surface area contributed by atoms with E-state index < -0.39 is 0 Å². The summed E-state index contributed by atoms with van der Waals surface area (Å²) in [5.41, 5.74) is 3.19. The maximum Gasteiger partial charge on any atom is 0.127 e. The van der Waals surface area contributed by atoms with Crippen LogP contribution in [0.1, 0.15) is 29.3 Å². The number of ether oxygens (including phenoxy) is 4. The van der Waals surface area contributed by atoms with Crippen LogP contribution >= 0.6 is 0 Å². The molecule has 1 aliphatic heterocycles. The molecule has 0 bridgehead atoms. The molecule has 0 amide bonds. The predicted octanol–water partition coefficient (Wildman–Crippen LogP) is 5.27. The number of benzene rings is 3. The van der Waals surface area contributed by atoms with E-state index in [1.807, 2.05) is 48.5 Å². The van der Waals surface area contributed by atoms with Gasteiger partial charge in [-0.1, -0.05) is 24.3 Å². The summed E-state index contributed by atoms with van der Waals surface area (Å²) in [7, 11) is 6.65. The van der Waals surface area contributed by atoms with Gasteiger partial charge in [-0.3, -0.25) is 9.80 Å². The molecule has 1 fully saturated rings. The molecule has 3 aromatic carbocycles. The SMILES string of the molecule is COc1ccc(CN2CCCN(Cc3ccc(OC)cc3OC)C2c2ccc(F)cc2)c(OC)c1. The number of methoxy groups -OCH3 is 4. The summed E-state index contributed by atoms with van der Waals surface area (Å²) < 4.78 is 35.9. The Labute approximate surface area is 206 Å². The fourth-order valence-corrected chi connectivity index (χ4v) is 4.74. The fraction of sp³-hybridized carbons (Fsp3) is 0.357. The second-order valence-electron chi connectivity index (χ2n) is 8.58. The molecule has 0 aliphatic carbocycles. The van der Waals surface area contributed by atoms with Crippen LogP contribution in [0, 0.1) is 5.82 Å². The molecule has 1 aliphatic rings. The van der Waals surface area contributed by atoms with E-state index in [1.54, 1.807) is 28.4 Å². The minimum Gasteiger partial charge on any atom is -0.497 e. The minimum atomic E-state index is -0.240. The Bertz CT molecular complexity index is 1060. The minimum absolute atomic E-state index is 0.0389. The summed E-state index contributed by atoms with van der Waals surface area (Å²) >= 11 is 0. The molecule has 1 saturated heterocycles. The summed E-state index contributed by atoms with van der Waals surface area (Å²) in [5, 5.41) is 0. The third-order valence-corrected chi connectivity index (χ3v) is 6.49. The van der Waals surface area contributed by atoms with Crippen LogP contribution in [0.4, 0.5) is 4.39 Å². The molecule has 0 radical (unpaired) electrons. The fourth-order valence-electron chi connectivity index (χ4n) is 4.74. The Kier molecular flexibility index (Phi) is 8.10. The standard InChI is InChI=1S/C28H33FN2O4/c1-32-24-12-8-21(26(16-24)34-3)18-30-14-5-15-31(28(30)20-6-10-23(29)11-7-20)19-22-9-13-25(33-2)17-27(22)35-4/h6-13,16-17,28H,5,14-15,18-19H2,1-4H3. The quantitative estimate of drug-likeness (QED) is 0.416.